The Morgan fingerprint density at radius 3 is 1.72 bits per heavy atom. The normalized spacial score (nSPS) is 11.7. The molecule has 60 heavy (non-hydrogen) atoms. The molecule has 11 aromatic carbocycles. The molecule has 1 heterocycles. The van der Waals surface area contributed by atoms with Crippen molar-refractivity contribution in [1.29, 1.82) is 0 Å². The Hall–Kier alpha value is -7.52. The Morgan fingerprint density at radius 1 is 0.283 bits per heavy atom. The first kappa shape index (κ1) is 34.5. The number of anilines is 3. The van der Waals surface area contributed by atoms with E-state index in [-0.39, 0.29) is 0 Å². The first-order valence-electron chi connectivity index (χ1n) is 20.6. The molecule has 12 aromatic rings. The number of hydrogen-bond acceptors (Lipinski definition) is 2. The number of fused-ring (bicyclic) bond motifs is 9. The number of thiophene rings is 1. The summed E-state index contributed by atoms with van der Waals surface area (Å²) in [5, 5.41) is 12.7. The third-order valence-corrected chi connectivity index (χ3v) is 13.4. The van der Waals surface area contributed by atoms with Crippen LogP contribution in [0.5, 0.6) is 0 Å². The fourth-order valence-electron chi connectivity index (χ4n) is 9.39. The van der Waals surface area contributed by atoms with Gasteiger partial charge in [-0.15, -0.1) is 11.3 Å². The summed E-state index contributed by atoms with van der Waals surface area (Å²) in [6.07, 6.45) is 0. The maximum Gasteiger partial charge on any atom is 0.0540 e. The lowest BCUT2D eigenvalue weighted by Gasteiger charge is -2.28. The molecular formula is C58H37NS. The van der Waals surface area contributed by atoms with Crippen molar-refractivity contribution in [2.45, 2.75) is 0 Å². The minimum absolute atomic E-state index is 1.11. The highest BCUT2D eigenvalue weighted by Gasteiger charge is 2.20. The van der Waals surface area contributed by atoms with Gasteiger partial charge in [-0.25, -0.2) is 0 Å². The first-order valence-corrected chi connectivity index (χ1v) is 21.4. The van der Waals surface area contributed by atoms with Gasteiger partial charge in [-0.2, -0.15) is 0 Å². The van der Waals surface area contributed by atoms with Crippen molar-refractivity contribution in [2.24, 2.45) is 0 Å². The van der Waals surface area contributed by atoms with E-state index in [1.807, 2.05) is 11.3 Å². The van der Waals surface area contributed by atoms with Gasteiger partial charge in [0.15, 0.2) is 0 Å². The molecule has 0 aliphatic rings. The molecule has 0 bridgehead atoms. The van der Waals surface area contributed by atoms with Crippen LogP contribution in [0.15, 0.2) is 224 Å². The van der Waals surface area contributed by atoms with Gasteiger partial charge >= 0.3 is 0 Å². The largest absolute Gasteiger partial charge is 0.310 e. The molecule has 0 saturated heterocycles. The van der Waals surface area contributed by atoms with Crippen LogP contribution in [-0.2, 0) is 0 Å². The highest BCUT2D eigenvalue weighted by atomic mass is 32.1. The van der Waals surface area contributed by atoms with Crippen molar-refractivity contribution in [3.8, 4) is 33.4 Å². The molecule has 0 atom stereocenters. The number of nitrogens with zero attached hydrogens (tertiary/aromatic N) is 1. The lowest BCUT2D eigenvalue weighted by Crippen LogP contribution is -2.10. The predicted octanol–water partition coefficient (Wildman–Crippen LogP) is 17.1. The van der Waals surface area contributed by atoms with E-state index in [4.69, 9.17) is 0 Å². The number of rotatable bonds is 6. The Morgan fingerprint density at radius 2 is 0.883 bits per heavy atom. The van der Waals surface area contributed by atoms with Gasteiger partial charge in [0.2, 0.25) is 0 Å². The summed E-state index contributed by atoms with van der Waals surface area (Å²) < 4.78 is 2.62. The Bertz CT molecular complexity index is 3620. The van der Waals surface area contributed by atoms with Gasteiger partial charge in [0.1, 0.15) is 0 Å². The van der Waals surface area contributed by atoms with Crippen molar-refractivity contribution in [2.75, 3.05) is 4.90 Å². The van der Waals surface area contributed by atoms with Gasteiger partial charge in [0.05, 0.1) is 5.69 Å². The van der Waals surface area contributed by atoms with Crippen molar-refractivity contribution < 1.29 is 0 Å². The Labute approximate surface area is 352 Å². The summed E-state index contributed by atoms with van der Waals surface area (Å²) in [5.74, 6) is 0. The molecule has 0 aliphatic heterocycles. The zero-order valence-electron chi connectivity index (χ0n) is 32.7. The molecule has 0 saturated carbocycles. The summed E-state index contributed by atoms with van der Waals surface area (Å²) in [4.78, 5) is 2.46. The van der Waals surface area contributed by atoms with Crippen LogP contribution < -0.4 is 4.90 Å². The van der Waals surface area contributed by atoms with Gasteiger partial charge in [-0.05, 0) is 114 Å². The van der Waals surface area contributed by atoms with Crippen LogP contribution in [0.2, 0.25) is 0 Å². The molecule has 1 nitrogen and oxygen atoms in total. The average molecular weight is 780 g/mol. The van der Waals surface area contributed by atoms with Gasteiger partial charge in [0, 0.05) is 36.9 Å². The van der Waals surface area contributed by atoms with Crippen LogP contribution in [-0.4, -0.2) is 0 Å². The molecule has 280 valence electrons. The van der Waals surface area contributed by atoms with Crippen molar-refractivity contribution >= 4 is 91.7 Å². The molecule has 0 amide bonds. The monoisotopic (exact) mass is 779 g/mol. The molecule has 0 fully saturated rings. The molecule has 2 heteroatoms. The van der Waals surface area contributed by atoms with Crippen molar-refractivity contribution in [3.63, 3.8) is 0 Å². The van der Waals surface area contributed by atoms with E-state index in [1.165, 1.54) is 96.6 Å². The molecule has 12 rings (SSSR count). The maximum atomic E-state index is 2.46. The van der Waals surface area contributed by atoms with Gasteiger partial charge in [-0.1, -0.05) is 182 Å². The summed E-state index contributed by atoms with van der Waals surface area (Å²) in [5.41, 5.74) is 10.6. The maximum absolute atomic E-state index is 2.46. The van der Waals surface area contributed by atoms with E-state index in [2.05, 4.69) is 229 Å². The van der Waals surface area contributed by atoms with Gasteiger partial charge in [0.25, 0.3) is 0 Å². The third-order valence-electron chi connectivity index (χ3n) is 12.2. The van der Waals surface area contributed by atoms with E-state index in [0.717, 1.165) is 17.1 Å². The lowest BCUT2D eigenvalue weighted by molar-refractivity contribution is 1.30. The smallest absolute Gasteiger partial charge is 0.0540 e. The molecule has 0 unspecified atom stereocenters. The van der Waals surface area contributed by atoms with Crippen molar-refractivity contribution in [1.82, 2.24) is 0 Å². The highest BCUT2D eigenvalue weighted by molar-refractivity contribution is 7.26. The Kier molecular flexibility index (Phi) is 8.11. The minimum atomic E-state index is 1.11. The average Bonchev–Trinajstić information content (AvgIpc) is 3.70. The van der Waals surface area contributed by atoms with E-state index in [1.54, 1.807) is 0 Å². The second-order valence-electron chi connectivity index (χ2n) is 15.6. The molecule has 0 spiro atoms. The summed E-state index contributed by atoms with van der Waals surface area (Å²) in [7, 11) is 0. The molecule has 0 N–H and O–H groups in total. The predicted molar refractivity (Wildman–Crippen MR) is 260 cm³/mol. The van der Waals surface area contributed by atoms with Crippen LogP contribution in [0.3, 0.4) is 0 Å². The third kappa shape index (κ3) is 5.68. The lowest BCUT2D eigenvalue weighted by atomic mass is 9.92. The van der Waals surface area contributed by atoms with Gasteiger partial charge < -0.3 is 4.90 Å². The zero-order chi connectivity index (χ0) is 39.6. The van der Waals surface area contributed by atoms with Crippen LogP contribution >= 0.6 is 11.3 Å². The SMILES string of the molecule is c1ccc(-c2ccc(N(c3cccc(-c4cccc(-c5cc6ccccc6c6ccccc56)c4)c3)c3ccc4c(c3)sc3c5ccccc5ccc43)c3ccccc23)cc1. The molecular weight excluding hydrogens is 743 g/mol. The van der Waals surface area contributed by atoms with Crippen LogP contribution in [0.1, 0.15) is 0 Å². The van der Waals surface area contributed by atoms with E-state index in [9.17, 15) is 0 Å². The fourth-order valence-corrected chi connectivity index (χ4v) is 10.7. The Balaban J connectivity index is 1.04. The van der Waals surface area contributed by atoms with E-state index < -0.39 is 0 Å². The van der Waals surface area contributed by atoms with E-state index in [0.29, 0.717) is 0 Å². The van der Waals surface area contributed by atoms with Crippen LogP contribution in [0.4, 0.5) is 17.1 Å². The van der Waals surface area contributed by atoms with Crippen LogP contribution in [0.25, 0.3) is 96.6 Å². The molecule has 0 aliphatic carbocycles. The fraction of sp³-hybridized carbons (Fsp3) is 0. The zero-order valence-corrected chi connectivity index (χ0v) is 33.5. The topological polar surface area (TPSA) is 3.24 Å². The van der Waals surface area contributed by atoms with E-state index >= 15 is 0 Å². The second kappa shape index (κ2) is 14.1. The summed E-state index contributed by atoms with van der Waals surface area (Å²) >= 11 is 1.89. The molecule has 0 radical (unpaired) electrons. The second-order valence-corrected chi connectivity index (χ2v) is 16.7. The number of hydrogen-bond donors (Lipinski definition) is 0. The quantitative estimate of drug-likeness (QED) is 0.152. The van der Waals surface area contributed by atoms with Crippen molar-refractivity contribution in [3.05, 3.63) is 224 Å². The van der Waals surface area contributed by atoms with Gasteiger partial charge in [-0.3, -0.25) is 0 Å². The standard InChI is InChI=1S/C58H37NS/c1-2-14-38(15-3-1)47-32-33-56(52-27-11-10-25-50(47)52)59(45-29-31-53-54-30-28-39-16-4-7-23-48(39)58(54)60-57(53)37-45)44-21-13-19-41(35-44)40-18-12-20-42(34-40)55-36-43-17-5-6-22-46(43)49-24-8-9-26-51(49)55/h1-37H. The minimum Gasteiger partial charge on any atom is -0.310 e. The number of benzene rings is 11. The highest BCUT2D eigenvalue weighted by Crippen LogP contribution is 2.46. The summed E-state index contributed by atoms with van der Waals surface area (Å²) in [6.45, 7) is 0. The first-order chi connectivity index (χ1) is 29.7. The summed E-state index contributed by atoms with van der Waals surface area (Å²) in [6, 6.07) is 82.5. The molecule has 1 aromatic heterocycles. The van der Waals surface area contributed by atoms with Crippen LogP contribution in [0, 0.1) is 0 Å².